The van der Waals surface area contributed by atoms with Crippen LogP contribution in [0, 0.1) is 0 Å². The van der Waals surface area contributed by atoms with Crippen molar-refractivity contribution < 1.29 is 19.1 Å². The number of carbonyl (C=O) groups excluding carboxylic acids is 3. The van der Waals surface area contributed by atoms with Gasteiger partial charge in [0.2, 0.25) is 5.91 Å². The molecule has 0 radical (unpaired) electrons. The first-order valence-electron chi connectivity index (χ1n) is 9.11. The van der Waals surface area contributed by atoms with Crippen molar-refractivity contribution in [3.05, 3.63) is 66.2 Å². The summed E-state index contributed by atoms with van der Waals surface area (Å²) in [7, 11) is 0. The Morgan fingerprint density at radius 2 is 1.86 bits per heavy atom. The minimum atomic E-state index is -0.620. The van der Waals surface area contributed by atoms with Gasteiger partial charge in [-0.2, -0.15) is 0 Å². The molecular weight excluding hydrogens is 388 g/mol. The zero-order valence-electron chi connectivity index (χ0n) is 15.4. The maximum absolute atomic E-state index is 12.3. The molecule has 0 atom stereocenters. The number of hydrogen-bond donors (Lipinski definition) is 2. The fraction of sp³-hybridized carbons (Fsp3) is 0.136. The van der Waals surface area contributed by atoms with Crippen LogP contribution in [0.4, 0.5) is 11.4 Å². The molecule has 0 unspecified atom stereocenters. The van der Waals surface area contributed by atoms with Gasteiger partial charge in [-0.15, -0.1) is 11.8 Å². The van der Waals surface area contributed by atoms with E-state index in [2.05, 4.69) is 10.6 Å². The summed E-state index contributed by atoms with van der Waals surface area (Å²) in [5.74, 6) is -0.439. The van der Waals surface area contributed by atoms with Crippen LogP contribution in [0.3, 0.4) is 0 Å². The van der Waals surface area contributed by atoms with E-state index in [-0.39, 0.29) is 11.5 Å². The Hall–Kier alpha value is -3.32. The molecule has 0 fully saturated rings. The van der Waals surface area contributed by atoms with Crippen LogP contribution in [0.5, 0.6) is 0 Å². The number of amides is 2. The summed E-state index contributed by atoms with van der Waals surface area (Å²) in [5.41, 5.74) is 1.51. The predicted molar refractivity (Wildman–Crippen MR) is 113 cm³/mol. The van der Waals surface area contributed by atoms with Crippen molar-refractivity contribution >= 4 is 51.7 Å². The minimum absolute atomic E-state index is 0.0865. The van der Waals surface area contributed by atoms with E-state index in [1.807, 2.05) is 36.4 Å². The highest BCUT2D eigenvalue weighted by Crippen LogP contribution is 2.31. The maximum atomic E-state index is 12.3. The number of hydrogen-bond acceptors (Lipinski definition) is 5. The van der Waals surface area contributed by atoms with Crippen LogP contribution in [0.1, 0.15) is 16.8 Å². The normalized spacial score (nSPS) is 13.2. The van der Waals surface area contributed by atoms with Gasteiger partial charge in [0.05, 0.1) is 11.3 Å². The van der Waals surface area contributed by atoms with Crippen molar-refractivity contribution in [1.82, 2.24) is 0 Å². The largest absolute Gasteiger partial charge is 0.452 e. The molecule has 0 aliphatic carbocycles. The van der Waals surface area contributed by atoms with Crippen molar-refractivity contribution in [1.29, 1.82) is 0 Å². The van der Waals surface area contributed by atoms with Gasteiger partial charge >= 0.3 is 5.97 Å². The summed E-state index contributed by atoms with van der Waals surface area (Å²) in [6, 6.07) is 18.4. The molecule has 4 rings (SSSR count). The molecule has 3 aromatic carbocycles. The lowest BCUT2D eigenvalue weighted by Crippen LogP contribution is -2.21. The number of benzene rings is 3. The fourth-order valence-corrected chi connectivity index (χ4v) is 3.96. The van der Waals surface area contributed by atoms with Crippen LogP contribution in [0.2, 0.25) is 0 Å². The zero-order chi connectivity index (χ0) is 20.2. The average molecular weight is 406 g/mol. The van der Waals surface area contributed by atoms with Gasteiger partial charge in [-0.1, -0.05) is 30.3 Å². The highest BCUT2D eigenvalue weighted by atomic mass is 32.2. The molecule has 1 aliphatic rings. The summed E-state index contributed by atoms with van der Waals surface area (Å²) in [4.78, 5) is 37.1. The van der Waals surface area contributed by atoms with E-state index >= 15 is 0 Å². The lowest BCUT2D eigenvalue weighted by atomic mass is 10.1. The maximum Gasteiger partial charge on any atom is 0.338 e. The summed E-state index contributed by atoms with van der Waals surface area (Å²) < 4.78 is 5.13. The third-order valence-electron chi connectivity index (χ3n) is 4.44. The molecule has 1 aliphatic heterocycles. The van der Waals surface area contributed by atoms with Crippen LogP contribution >= 0.6 is 11.8 Å². The van der Waals surface area contributed by atoms with E-state index in [0.29, 0.717) is 23.5 Å². The van der Waals surface area contributed by atoms with Crippen LogP contribution in [0.25, 0.3) is 10.8 Å². The van der Waals surface area contributed by atoms with Crippen LogP contribution in [0.15, 0.2) is 65.6 Å². The van der Waals surface area contributed by atoms with Crippen LogP contribution < -0.4 is 10.6 Å². The standard InChI is InChI=1S/C22H18N2O4S/c25-20-9-10-29-19-8-6-16(12-18(19)24-20)22(27)28-13-21(26)23-17-7-5-14-3-1-2-4-15(14)11-17/h1-8,11-12H,9-10,13H2,(H,23,26)(H,24,25). The van der Waals surface area contributed by atoms with E-state index < -0.39 is 18.5 Å². The number of ether oxygens (including phenoxy) is 1. The van der Waals surface area contributed by atoms with E-state index in [4.69, 9.17) is 4.74 Å². The van der Waals surface area contributed by atoms with Gasteiger partial charge in [0.15, 0.2) is 6.61 Å². The van der Waals surface area contributed by atoms with Gasteiger partial charge in [0, 0.05) is 22.8 Å². The Morgan fingerprint density at radius 3 is 2.72 bits per heavy atom. The topological polar surface area (TPSA) is 84.5 Å². The molecule has 0 saturated carbocycles. The second-order valence-corrected chi connectivity index (χ2v) is 7.68. The molecule has 0 bridgehead atoms. The Morgan fingerprint density at radius 1 is 1.03 bits per heavy atom. The lowest BCUT2D eigenvalue weighted by molar-refractivity contribution is -0.119. The highest BCUT2D eigenvalue weighted by Gasteiger charge is 2.17. The highest BCUT2D eigenvalue weighted by molar-refractivity contribution is 7.99. The van der Waals surface area contributed by atoms with E-state index in [0.717, 1.165) is 15.7 Å². The zero-order valence-corrected chi connectivity index (χ0v) is 16.3. The first-order valence-corrected chi connectivity index (χ1v) is 10.1. The van der Waals surface area contributed by atoms with Crippen LogP contribution in [-0.4, -0.2) is 30.1 Å². The minimum Gasteiger partial charge on any atom is -0.452 e. The number of rotatable bonds is 4. The van der Waals surface area contributed by atoms with Crippen molar-refractivity contribution in [2.75, 3.05) is 23.0 Å². The Kier molecular flexibility index (Phi) is 5.48. The monoisotopic (exact) mass is 406 g/mol. The molecule has 2 N–H and O–H groups in total. The van der Waals surface area contributed by atoms with Gasteiger partial charge < -0.3 is 15.4 Å². The van der Waals surface area contributed by atoms with Crippen molar-refractivity contribution in [3.63, 3.8) is 0 Å². The molecule has 146 valence electrons. The Bertz CT molecular complexity index is 1110. The number of fused-ring (bicyclic) bond motifs is 2. The van der Waals surface area contributed by atoms with E-state index in [9.17, 15) is 14.4 Å². The summed E-state index contributed by atoms with van der Waals surface area (Å²) >= 11 is 1.55. The first-order chi connectivity index (χ1) is 14.1. The second-order valence-electron chi connectivity index (χ2n) is 6.54. The smallest absolute Gasteiger partial charge is 0.338 e. The molecule has 6 nitrogen and oxygen atoms in total. The molecule has 0 spiro atoms. The number of thioether (sulfide) groups is 1. The molecule has 0 saturated heterocycles. The molecule has 3 aromatic rings. The van der Waals surface area contributed by atoms with Crippen molar-refractivity contribution in [3.8, 4) is 0 Å². The van der Waals surface area contributed by atoms with Crippen molar-refractivity contribution in [2.45, 2.75) is 11.3 Å². The summed E-state index contributed by atoms with van der Waals surface area (Å²) in [6.45, 7) is -0.399. The molecular formula is C22H18N2O4S. The van der Waals surface area contributed by atoms with Gasteiger partial charge in [-0.05, 0) is 41.1 Å². The van der Waals surface area contributed by atoms with Crippen molar-refractivity contribution in [2.24, 2.45) is 0 Å². The van der Waals surface area contributed by atoms with Gasteiger partial charge in [0.25, 0.3) is 5.91 Å². The average Bonchev–Trinajstić information content (AvgIpc) is 2.91. The molecule has 29 heavy (non-hydrogen) atoms. The summed E-state index contributed by atoms with van der Waals surface area (Å²) in [5, 5.41) is 7.59. The number of nitrogens with one attached hydrogen (secondary N) is 2. The number of anilines is 2. The van der Waals surface area contributed by atoms with E-state index in [1.54, 1.807) is 36.0 Å². The molecule has 0 aromatic heterocycles. The number of esters is 1. The fourth-order valence-electron chi connectivity index (χ4n) is 3.03. The quantitative estimate of drug-likeness (QED) is 0.638. The SMILES string of the molecule is O=C(COC(=O)c1ccc2c(c1)NC(=O)CCS2)Nc1ccc2ccccc2c1. The first kappa shape index (κ1) is 19.0. The third kappa shape index (κ3) is 4.57. The van der Waals surface area contributed by atoms with Gasteiger partial charge in [0.1, 0.15) is 0 Å². The van der Waals surface area contributed by atoms with E-state index in [1.165, 1.54) is 0 Å². The second kappa shape index (κ2) is 8.36. The molecule has 7 heteroatoms. The molecule has 1 heterocycles. The number of carbonyl (C=O) groups is 3. The summed E-state index contributed by atoms with van der Waals surface area (Å²) in [6.07, 6.45) is 0.425. The Balaban J connectivity index is 1.37. The lowest BCUT2D eigenvalue weighted by Gasteiger charge is -2.10. The van der Waals surface area contributed by atoms with Gasteiger partial charge in [-0.25, -0.2) is 4.79 Å². The van der Waals surface area contributed by atoms with Gasteiger partial charge in [-0.3, -0.25) is 9.59 Å². The third-order valence-corrected chi connectivity index (χ3v) is 5.52. The predicted octanol–water partition coefficient (Wildman–Crippen LogP) is 4.07. The Labute approximate surface area is 171 Å². The van der Waals surface area contributed by atoms with Crippen LogP contribution in [-0.2, 0) is 14.3 Å². The molecule has 2 amide bonds.